The van der Waals surface area contributed by atoms with Crippen LogP contribution in [0.5, 0.6) is 0 Å². The molecule has 0 saturated heterocycles. The van der Waals surface area contributed by atoms with E-state index in [-0.39, 0.29) is 6.04 Å². The number of aryl methyl sites for hydroxylation is 2. The molecule has 5 heteroatoms. The molecule has 0 aliphatic heterocycles. The number of halogens is 1. The Bertz CT molecular complexity index is 484. The van der Waals surface area contributed by atoms with E-state index >= 15 is 0 Å². The Labute approximate surface area is 106 Å². The average Bonchev–Trinajstić information content (AvgIpc) is 2.91. The minimum atomic E-state index is -0.0738. The van der Waals surface area contributed by atoms with Crippen LogP contribution in [0.3, 0.4) is 0 Å². The first-order valence-electron chi connectivity index (χ1n) is 5.60. The van der Waals surface area contributed by atoms with Crippen molar-refractivity contribution in [1.82, 2.24) is 15.1 Å². The predicted molar refractivity (Wildman–Crippen MR) is 67.2 cm³/mol. The van der Waals surface area contributed by atoms with Gasteiger partial charge < -0.3 is 9.73 Å². The molecule has 2 rings (SSSR count). The van der Waals surface area contributed by atoms with Crippen LogP contribution in [0.4, 0.5) is 0 Å². The van der Waals surface area contributed by atoms with Crippen LogP contribution >= 0.6 is 11.6 Å². The zero-order valence-corrected chi connectivity index (χ0v) is 11.0. The Morgan fingerprint density at radius 2 is 2.29 bits per heavy atom. The number of hydrogen-bond acceptors (Lipinski definition) is 3. The van der Waals surface area contributed by atoms with E-state index in [1.54, 1.807) is 10.9 Å². The van der Waals surface area contributed by atoms with Crippen molar-refractivity contribution >= 4 is 11.6 Å². The molecule has 0 spiro atoms. The van der Waals surface area contributed by atoms with E-state index in [0.29, 0.717) is 5.02 Å². The number of nitrogens with one attached hydrogen (secondary N) is 1. The molecule has 0 saturated carbocycles. The Hall–Kier alpha value is -1.26. The molecule has 0 aliphatic rings. The molecule has 1 N–H and O–H groups in total. The molecule has 2 aromatic heterocycles. The van der Waals surface area contributed by atoms with E-state index in [4.69, 9.17) is 16.0 Å². The summed E-state index contributed by atoms with van der Waals surface area (Å²) in [5.41, 5.74) is 0.908. The number of rotatable bonds is 4. The second kappa shape index (κ2) is 4.94. The largest absolute Gasteiger partial charge is 0.464 e. The Morgan fingerprint density at radius 3 is 2.76 bits per heavy atom. The third kappa shape index (κ3) is 2.23. The van der Waals surface area contributed by atoms with Crippen LogP contribution in [0.1, 0.15) is 30.2 Å². The van der Waals surface area contributed by atoms with E-state index in [9.17, 15) is 0 Å². The highest BCUT2D eigenvalue weighted by atomic mass is 35.5. The van der Waals surface area contributed by atoms with Gasteiger partial charge in [-0.05, 0) is 19.2 Å². The second-order valence-electron chi connectivity index (χ2n) is 3.88. The highest BCUT2D eigenvalue weighted by molar-refractivity contribution is 6.31. The third-order valence-corrected chi connectivity index (χ3v) is 3.11. The number of aromatic nitrogens is 2. The van der Waals surface area contributed by atoms with Crippen molar-refractivity contribution in [3.63, 3.8) is 0 Å². The molecule has 92 valence electrons. The molecule has 0 aromatic carbocycles. The van der Waals surface area contributed by atoms with Gasteiger partial charge in [0, 0.05) is 13.5 Å². The molecule has 1 atom stereocenters. The minimum absolute atomic E-state index is 0.0738. The van der Waals surface area contributed by atoms with Crippen molar-refractivity contribution in [2.45, 2.75) is 19.4 Å². The van der Waals surface area contributed by atoms with Crippen LogP contribution in [-0.2, 0) is 13.5 Å². The van der Waals surface area contributed by atoms with E-state index in [1.807, 2.05) is 26.2 Å². The van der Waals surface area contributed by atoms with Crippen LogP contribution < -0.4 is 5.32 Å². The first-order valence-corrected chi connectivity index (χ1v) is 5.98. The summed E-state index contributed by atoms with van der Waals surface area (Å²) in [6.07, 6.45) is 2.53. The quantitative estimate of drug-likeness (QED) is 0.911. The second-order valence-corrected chi connectivity index (χ2v) is 4.29. The topological polar surface area (TPSA) is 43.0 Å². The lowest BCUT2D eigenvalue weighted by molar-refractivity contribution is 0.424. The Balaban J connectivity index is 2.40. The van der Waals surface area contributed by atoms with Crippen LogP contribution in [-0.4, -0.2) is 16.8 Å². The van der Waals surface area contributed by atoms with Crippen LogP contribution in [0.2, 0.25) is 5.02 Å². The molecular weight excluding hydrogens is 238 g/mol. The molecule has 0 amide bonds. The van der Waals surface area contributed by atoms with Gasteiger partial charge >= 0.3 is 0 Å². The summed E-state index contributed by atoms with van der Waals surface area (Å²) < 4.78 is 7.52. The first kappa shape index (κ1) is 12.2. The highest BCUT2D eigenvalue weighted by Crippen LogP contribution is 2.28. The van der Waals surface area contributed by atoms with Crippen molar-refractivity contribution in [2.75, 3.05) is 7.05 Å². The van der Waals surface area contributed by atoms with Crippen molar-refractivity contribution in [3.8, 4) is 0 Å². The molecule has 1 unspecified atom stereocenters. The lowest BCUT2D eigenvalue weighted by Crippen LogP contribution is -2.20. The maximum atomic E-state index is 6.14. The molecule has 0 aliphatic carbocycles. The number of furan rings is 1. The molecule has 4 nitrogen and oxygen atoms in total. The van der Waals surface area contributed by atoms with Gasteiger partial charge in [0.2, 0.25) is 0 Å². The summed E-state index contributed by atoms with van der Waals surface area (Å²) in [5.74, 6) is 1.83. The van der Waals surface area contributed by atoms with Gasteiger partial charge in [-0.3, -0.25) is 4.68 Å². The van der Waals surface area contributed by atoms with Gasteiger partial charge in [-0.15, -0.1) is 0 Å². The van der Waals surface area contributed by atoms with Crippen LogP contribution in [0, 0.1) is 0 Å². The van der Waals surface area contributed by atoms with E-state index < -0.39 is 0 Å². The smallest absolute Gasteiger partial charge is 0.127 e. The van der Waals surface area contributed by atoms with Crippen molar-refractivity contribution < 1.29 is 4.42 Å². The summed E-state index contributed by atoms with van der Waals surface area (Å²) in [7, 11) is 3.75. The summed E-state index contributed by atoms with van der Waals surface area (Å²) in [6, 6.07) is 3.89. The maximum absolute atomic E-state index is 6.14. The minimum Gasteiger partial charge on any atom is -0.464 e. The van der Waals surface area contributed by atoms with Crippen molar-refractivity contribution in [3.05, 3.63) is 40.6 Å². The molecule has 0 radical (unpaired) electrons. The molecule has 2 aromatic rings. The molecule has 17 heavy (non-hydrogen) atoms. The fourth-order valence-corrected chi connectivity index (χ4v) is 2.17. The summed E-state index contributed by atoms with van der Waals surface area (Å²) in [5, 5.41) is 7.98. The van der Waals surface area contributed by atoms with Gasteiger partial charge in [0.05, 0.1) is 16.9 Å². The molecule has 0 fully saturated rings. The fraction of sp³-hybridized carbons (Fsp3) is 0.417. The zero-order chi connectivity index (χ0) is 12.4. The van der Waals surface area contributed by atoms with Gasteiger partial charge in [0.15, 0.2) is 0 Å². The predicted octanol–water partition coefficient (Wildman–Crippen LogP) is 2.54. The standard InChI is InChI=1S/C12H16ClN3O/c1-4-8-5-6-10(17-8)11(14-2)12-9(13)7-15-16(12)3/h5-7,11,14H,4H2,1-3H3. The normalized spacial score (nSPS) is 12.9. The SMILES string of the molecule is CCc1ccc(C(NC)c2c(Cl)cnn2C)o1. The Morgan fingerprint density at radius 1 is 1.53 bits per heavy atom. The molecule has 2 heterocycles. The average molecular weight is 254 g/mol. The number of hydrogen-bond donors (Lipinski definition) is 1. The monoisotopic (exact) mass is 253 g/mol. The van der Waals surface area contributed by atoms with Gasteiger partial charge in [-0.2, -0.15) is 5.10 Å². The van der Waals surface area contributed by atoms with Crippen molar-refractivity contribution in [2.24, 2.45) is 7.05 Å². The summed E-state index contributed by atoms with van der Waals surface area (Å²) in [4.78, 5) is 0. The highest BCUT2D eigenvalue weighted by Gasteiger charge is 2.22. The number of nitrogens with zero attached hydrogens (tertiary/aromatic N) is 2. The van der Waals surface area contributed by atoms with Crippen LogP contribution in [0.25, 0.3) is 0 Å². The zero-order valence-electron chi connectivity index (χ0n) is 10.2. The molecule has 0 bridgehead atoms. The van der Waals surface area contributed by atoms with Gasteiger partial charge in [-0.1, -0.05) is 18.5 Å². The lowest BCUT2D eigenvalue weighted by atomic mass is 10.1. The van der Waals surface area contributed by atoms with E-state index in [1.165, 1.54) is 0 Å². The van der Waals surface area contributed by atoms with Crippen LogP contribution in [0.15, 0.2) is 22.7 Å². The summed E-state index contributed by atoms with van der Waals surface area (Å²) >= 11 is 6.14. The van der Waals surface area contributed by atoms with Crippen molar-refractivity contribution in [1.29, 1.82) is 0 Å². The van der Waals surface area contributed by atoms with E-state index in [2.05, 4.69) is 17.3 Å². The summed E-state index contributed by atoms with van der Waals surface area (Å²) in [6.45, 7) is 2.06. The first-order chi connectivity index (χ1) is 8.17. The fourth-order valence-electron chi connectivity index (χ4n) is 1.90. The van der Waals surface area contributed by atoms with Gasteiger partial charge in [0.1, 0.15) is 17.6 Å². The Kier molecular flexibility index (Phi) is 3.54. The van der Waals surface area contributed by atoms with E-state index in [0.717, 1.165) is 23.6 Å². The van der Waals surface area contributed by atoms with Gasteiger partial charge in [0.25, 0.3) is 0 Å². The van der Waals surface area contributed by atoms with Gasteiger partial charge in [-0.25, -0.2) is 0 Å². The maximum Gasteiger partial charge on any atom is 0.127 e. The molecular formula is C12H16ClN3O. The lowest BCUT2D eigenvalue weighted by Gasteiger charge is -2.14. The third-order valence-electron chi connectivity index (χ3n) is 2.82.